The van der Waals surface area contributed by atoms with Gasteiger partial charge in [0.2, 0.25) is 0 Å². The van der Waals surface area contributed by atoms with E-state index in [0.717, 1.165) is 17.7 Å². The Kier molecular flexibility index (Phi) is 5.28. The molecule has 1 N–H and O–H groups in total. The monoisotopic (exact) mass is 442 g/mol. The van der Waals surface area contributed by atoms with E-state index in [-0.39, 0.29) is 11.7 Å². The first-order valence-electron chi connectivity index (χ1n) is 9.99. The van der Waals surface area contributed by atoms with Gasteiger partial charge in [0.15, 0.2) is 0 Å². The Bertz CT molecular complexity index is 1240. The van der Waals surface area contributed by atoms with Crippen molar-refractivity contribution < 1.29 is 22.8 Å². The lowest BCUT2D eigenvalue weighted by Gasteiger charge is -2.22. The van der Waals surface area contributed by atoms with Crippen molar-refractivity contribution in [2.24, 2.45) is 0 Å². The Morgan fingerprint density at radius 1 is 1.06 bits per heavy atom. The van der Waals surface area contributed by atoms with Crippen LogP contribution in [0.5, 0.6) is 0 Å². The van der Waals surface area contributed by atoms with Crippen LogP contribution in [-0.2, 0) is 6.18 Å². The highest BCUT2D eigenvalue weighted by atomic mass is 19.4. The maximum absolute atomic E-state index is 13.4. The van der Waals surface area contributed by atoms with Crippen LogP contribution in [0.3, 0.4) is 0 Å². The molecule has 0 spiro atoms. The molecule has 1 aliphatic heterocycles. The van der Waals surface area contributed by atoms with Crippen LogP contribution < -0.4 is 10.2 Å². The van der Waals surface area contributed by atoms with Crippen molar-refractivity contribution in [1.82, 2.24) is 9.88 Å². The maximum Gasteiger partial charge on any atom is 0.417 e. The van der Waals surface area contributed by atoms with E-state index in [1.54, 1.807) is 42.0 Å². The van der Waals surface area contributed by atoms with Gasteiger partial charge >= 0.3 is 12.2 Å². The van der Waals surface area contributed by atoms with E-state index in [1.807, 2.05) is 6.92 Å². The van der Waals surface area contributed by atoms with Crippen molar-refractivity contribution in [3.63, 3.8) is 0 Å². The molecule has 0 aliphatic carbocycles. The van der Waals surface area contributed by atoms with Crippen molar-refractivity contribution >= 4 is 34.2 Å². The summed E-state index contributed by atoms with van der Waals surface area (Å²) in [5, 5.41) is 3.22. The second kappa shape index (κ2) is 7.81. The number of urea groups is 1. The molecular weight excluding hydrogens is 421 g/mol. The number of benzene rings is 2. The molecule has 3 amide bonds. The number of anilines is 2. The molecule has 2 heterocycles. The smallest absolute Gasteiger partial charge is 0.326 e. The van der Waals surface area contributed by atoms with Gasteiger partial charge in [0.05, 0.1) is 28.0 Å². The predicted octanol–water partition coefficient (Wildman–Crippen LogP) is 4.99. The molecule has 0 bridgehead atoms. The summed E-state index contributed by atoms with van der Waals surface area (Å²) < 4.78 is 40.1. The minimum atomic E-state index is -4.66. The fourth-order valence-corrected chi connectivity index (χ4v) is 3.90. The highest BCUT2D eigenvalue weighted by Crippen LogP contribution is 2.37. The van der Waals surface area contributed by atoms with Crippen LogP contribution in [0.15, 0.2) is 42.5 Å². The maximum atomic E-state index is 13.4. The molecule has 3 aromatic rings. The molecule has 0 radical (unpaired) electrons. The molecule has 1 aromatic heterocycles. The number of para-hydroxylation sites is 1. The average Bonchev–Trinajstić information content (AvgIpc) is 3.07. The van der Waals surface area contributed by atoms with Crippen molar-refractivity contribution in [1.29, 1.82) is 0 Å². The number of alkyl halides is 3. The third-order valence-electron chi connectivity index (χ3n) is 5.68. The van der Waals surface area contributed by atoms with Crippen molar-refractivity contribution in [3.05, 3.63) is 64.8 Å². The minimum absolute atomic E-state index is 0.145. The van der Waals surface area contributed by atoms with E-state index in [2.05, 4.69) is 10.3 Å². The zero-order valence-electron chi connectivity index (χ0n) is 17.7. The third kappa shape index (κ3) is 3.63. The van der Waals surface area contributed by atoms with Gasteiger partial charge < -0.3 is 10.2 Å². The Morgan fingerprint density at radius 3 is 2.44 bits per heavy atom. The van der Waals surface area contributed by atoms with Gasteiger partial charge in [-0.1, -0.05) is 24.3 Å². The predicted molar refractivity (Wildman–Crippen MR) is 116 cm³/mol. The highest BCUT2D eigenvalue weighted by Gasteiger charge is 2.35. The number of carbonyl (C=O) groups is 2. The zero-order valence-corrected chi connectivity index (χ0v) is 17.7. The van der Waals surface area contributed by atoms with Crippen molar-refractivity contribution in [3.8, 4) is 0 Å². The molecule has 4 rings (SSSR count). The normalized spacial score (nSPS) is 14.4. The molecule has 6 nitrogen and oxygen atoms in total. The molecular formula is C23H21F3N4O2. The highest BCUT2D eigenvalue weighted by molar-refractivity contribution is 6.12. The van der Waals surface area contributed by atoms with Gasteiger partial charge in [0.1, 0.15) is 0 Å². The van der Waals surface area contributed by atoms with Crippen LogP contribution in [0.4, 0.5) is 29.3 Å². The van der Waals surface area contributed by atoms with Gasteiger partial charge in [-0.2, -0.15) is 13.2 Å². The SMILES string of the molecule is Cc1nc2c(NC(=O)c3ccccc3C(F)(F)F)cccc2c(N2CCN(C)C2=O)c1C. The number of hydrogen-bond acceptors (Lipinski definition) is 3. The fraction of sp³-hybridized carbons (Fsp3) is 0.261. The molecule has 9 heteroatoms. The number of nitrogens with zero attached hydrogens (tertiary/aromatic N) is 3. The number of pyridine rings is 1. The van der Waals surface area contributed by atoms with Crippen molar-refractivity contribution in [2.45, 2.75) is 20.0 Å². The van der Waals surface area contributed by atoms with Crippen LogP contribution in [0.1, 0.15) is 27.2 Å². The van der Waals surface area contributed by atoms with Crippen LogP contribution >= 0.6 is 0 Å². The summed E-state index contributed by atoms with van der Waals surface area (Å²) in [5.74, 6) is -0.885. The number of amides is 3. The second-order valence-electron chi connectivity index (χ2n) is 7.73. The summed E-state index contributed by atoms with van der Waals surface area (Å²) >= 11 is 0. The Labute approximate surface area is 182 Å². The number of likely N-dealkylation sites (N-methyl/N-ethyl adjacent to an activating group) is 1. The summed E-state index contributed by atoms with van der Waals surface area (Å²) in [6.07, 6.45) is -4.66. The van der Waals surface area contributed by atoms with E-state index < -0.39 is 23.2 Å². The van der Waals surface area contributed by atoms with Gasteiger partial charge in [-0.3, -0.25) is 14.7 Å². The van der Waals surface area contributed by atoms with E-state index in [0.29, 0.717) is 35.4 Å². The first kappa shape index (κ1) is 21.6. The van der Waals surface area contributed by atoms with Crippen LogP contribution in [0.25, 0.3) is 10.9 Å². The summed E-state index contributed by atoms with van der Waals surface area (Å²) in [6, 6.07) is 9.53. The third-order valence-corrected chi connectivity index (χ3v) is 5.68. The summed E-state index contributed by atoms with van der Waals surface area (Å²) in [4.78, 5) is 33.3. The van der Waals surface area contributed by atoms with E-state index in [1.165, 1.54) is 12.1 Å². The number of aryl methyl sites for hydroxylation is 1. The number of halogens is 3. The molecule has 0 atom stereocenters. The lowest BCUT2D eigenvalue weighted by atomic mass is 10.0. The Balaban J connectivity index is 1.81. The van der Waals surface area contributed by atoms with Gasteiger partial charge in [-0.15, -0.1) is 0 Å². The number of nitrogens with one attached hydrogen (secondary N) is 1. The number of aromatic nitrogens is 1. The molecule has 1 fully saturated rings. The molecule has 0 saturated carbocycles. The fourth-order valence-electron chi connectivity index (χ4n) is 3.90. The lowest BCUT2D eigenvalue weighted by molar-refractivity contribution is -0.137. The second-order valence-corrected chi connectivity index (χ2v) is 7.73. The summed E-state index contributed by atoms with van der Waals surface area (Å²) in [5.41, 5.74) is 1.37. The number of carbonyl (C=O) groups excluding carboxylic acids is 2. The summed E-state index contributed by atoms with van der Waals surface area (Å²) in [6.45, 7) is 4.74. The molecule has 2 aromatic carbocycles. The van der Waals surface area contributed by atoms with Crippen LogP contribution in [-0.4, -0.2) is 42.0 Å². The number of hydrogen-bond donors (Lipinski definition) is 1. The van der Waals surface area contributed by atoms with Gasteiger partial charge in [0, 0.05) is 31.2 Å². The van der Waals surface area contributed by atoms with E-state index in [4.69, 9.17) is 0 Å². The van der Waals surface area contributed by atoms with Gasteiger partial charge in [-0.25, -0.2) is 4.79 Å². The molecule has 32 heavy (non-hydrogen) atoms. The molecule has 166 valence electrons. The first-order valence-corrected chi connectivity index (χ1v) is 9.99. The quantitative estimate of drug-likeness (QED) is 0.621. The van der Waals surface area contributed by atoms with Crippen molar-refractivity contribution in [2.75, 3.05) is 30.4 Å². The molecule has 1 aliphatic rings. The van der Waals surface area contributed by atoms with Gasteiger partial charge in [-0.05, 0) is 37.6 Å². The number of fused-ring (bicyclic) bond motifs is 1. The first-order chi connectivity index (χ1) is 15.1. The van der Waals surface area contributed by atoms with Crippen LogP contribution in [0, 0.1) is 13.8 Å². The van der Waals surface area contributed by atoms with E-state index in [9.17, 15) is 22.8 Å². The zero-order chi connectivity index (χ0) is 23.2. The minimum Gasteiger partial charge on any atom is -0.326 e. The van der Waals surface area contributed by atoms with E-state index >= 15 is 0 Å². The number of rotatable bonds is 3. The molecule has 1 saturated heterocycles. The average molecular weight is 442 g/mol. The summed E-state index contributed by atoms with van der Waals surface area (Å²) in [7, 11) is 1.72. The Morgan fingerprint density at radius 2 is 1.78 bits per heavy atom. The van der Waals surface area contributed by atoms with Gasteiger partial charge in [0.25, 0.3) is 5.91 Å². The van der Waals surface area contributed by atoms with Crippen LogP contribution in [0.2, 0.25) is 0 Å². The molecule has 0 unspecified atom stereocenters. The Hall–Kier alpha value is -3.62. The largest absolute Gasteiger partial charge is 0.417 e. The lowest BCUT2D eigenvalue weighted by Crippen LogP contribution is -2.30. The topological polar surface area (TPSA) is 65.5 Å². The standard InChI is InChI=1S/C23H21F3N4O2/c1-13-14(2)27-19-16(20(13)30-12-11-29(3)22(30)32)8-6-10-18(19)28-21(31)15-7-4-5-9-17(15)23(24,25)26/h4-10H,11-12H2,1-3H3,(H,28,31).